The number of halogens is 2. The molecule has 0 aliphatic heterocycles. The number of nitrogens with one attached hydrogen (secondary N) is 2. The molecule has 2 N–H and O–H groups in total. The van der Waals surface area contributed by atoms with Crippen LogP contribution in [-0.2, 0) is 6.54 Å². The fourth-order valence-corrected chi connectivity index (χ4v) is 2.64. The lowest BCUT2D eigenvalue weighted by Crippen LogP contribution is -2.30. The molecule has 0 spiro atoms. The van der Waals surface area contributed by atoms with Crippen molar-refractivity contribution in [2.45, 2.75) is 27.0 Å². The topological polar surface area (TPSA) is 73.3 Å². The zero-order valence-electron chi connectivity index (χ0n) is 17.5. The van der Waals surface area contributed by atoms with Gasteiger partial charge < -0.3 is 29.6 Å². The second kappa shape index (κ2) is 11.7. The number of anilines is 1. The Labute approximate surface area is 175 Å². The maximum absolute atomic E-state index is 12.6. The van der Waals surface area contributed by atoms with Crippen molar-refractivity contribution in [2.75, 3.05) is 32.7 Å². The lowest BCUT2D eigenvalue weighted by atomic mass is 10.2. The first-order valence-corrected chi connectivity index (χ1v) is 9.48. The summed E-state index contributed by atoms with van der Waals surface area (Å²) in [5, 5.41) is 6.36. The van der Waals surface area contributed by atoms with Gasteiger partial charge in [-0.1, -0.05) is 6.07 Å². The number of hydrogen-bond donors (Lipinski definition) is 2. The third-order valence-electron chi connectivity index (χ3n) is 3.93. The van der Waals surface area contributed by atoms with Crippen LogP contribution in [0.3, 0.4) is 0 Å². The first-order chi connectivity index (χ1) is 14.5. The maximum atomic E-state index is 12.6. The minimum Gasteiger partial charge on any atom is -0.493 e. The Morgan fingerprint density at radius 3 is 2.33 bits per heavy atom. The molecule has 0 fully saturated rings. The molecule has 30 heavy (non-hydrogen) atoms. The molecular weight excluding hydrogens is 396 g/mol. The number of rotatable bonds is 10. The normalized spacial score (nSPS) is 11.2. The van der Waals surface area contributed by atoms with Crippen LogP contribution >= 0.6 is 0 Å². The van der Waals surface area contributed by atoms with Gasteiger partial charge in [-0.25, -0.2) is 4.99 Å². The van der Waals surface area contributed by atoms with Crippen molar-refractivity contribution in [2.24, 2.45) is 4.99 Å². The van der Waals surface area contributed by atoms with Gasteiger partial charge in [0.2, 0.25) is 0 Å². The van der Waals surface area contributed by atoms with Crippen LogP contribution in [0.5, 0.6) is 23.0 Å². The van der Waals surface area contributed by atoms with Gasteiger partial charge in [-0.05, 0) is 43.7 Å². The summed E-state index contributed by atoms with van der Waals surface area (Å²) in [5.41, 5.74) is 1.55. The fourth-order valence-electron chi connectivity index (χ4n) is 2.64. The first-order valence-electron chi connectivity index (χ1n) is 9.48. The molecular formula is C21H27F2N3O4. The van der Waals surface area contributed by atoms with Crippen molar-refractivity contribution >= 4 is 11.6 Å². The highest BCUT2D eigenvalue weighted by atomic mass is 19.3. The summed E-state index contributed by atoms with van der Waals surface area (Å²) in [6.45, 7) is 2.10. The van der Waals surface area contributed by atoms with Gasteiger partial charge in [-0.2, -0.15) is 8.78 Å². The number of alkyl halides is 2. The van der Waals surface area contributed by atoms with Crippen LogP contribution in [0.1, 0.15) is 19.4 Å². The molecule has 2 rings (SSSR count). The van der Waals surface area contributed by atoms with Crippen molar-refractivity contribution in [1.82, 2.24) is 5.32 Å². The van der Waals surface area contributed by atoms with Crippen LogP contribution in [-0.4, -0.2) is 39.9 Å². The van der Waals surface area contributed by atoms with E-state index in [9.17, 15) is 8.78 Å². The van der Waals surface area contributed by atoms with E-state index in [0.29, 0.717) is 37.2 Å². The summed E-state index contributed by atoms with van der Waals surface area (Å²) in [5.74, 6) is 2.02. The highest BCUT2D eigenvalue weighted by Gasteiger charge is 2.12. The average molecular weight is 423 g/mol. The second-order valence-electron chi connectivity index (χ2n) is 5.98. The SMILES string of the molecule is CCNC(=NCc1ccc(OC(F)F)c(OCC)c1)Nc1ccc(OC)c(OC)c1. The lowest BCUT2D eigenvalue weighted by Gasteiger charge is -2.14. The number of nitrogens with zero attached hydrogens (tertiary/aromatic N) is 1. The lowest BCUT2D eigenvalue weighted by molar-refractivity contribution is -0.0514. The molecule has 0 atom stereocenters. The number of methoxy groups -OCH3 is 2. The van der Waals surface area contributed by atoms with Crippen LogP contribution in [0.2, 0.25) is 0 Å². The molecule has 0 radical (unpaired) electrons. The minimum atomic E-state index is -2.92. The number of benzene rings is 2. The summed E-state index contributed by atoms with van der Waals surface area (Å²) in [7, 11) is 3.14. The van der Waals surface area contributed by atoms with Crippen LogP contribution in [0.15, 0.2) is 41.4 Å². The van der Waals surface area contributed by atoms with E-state index in [1.54, 1.807) is 45.4 Å². The standard InChI is InChI=1S/C21H27F2N3O4/c1-5-24-21(26-15-8-10-16(27-3)18(12-15)28-4)25-13-14-7-9-17(30-20(22)23)19(11-14)29-6-2/h7-12,20H,5-6,13H2,1-4H3,(H2,24,25,26). The predicted octanol–water partition coefficient (Wildman–Crippen LogP) is 4.28. The Morgan fingerprint density at radius 2 is 1.70 bits per heavy atom. The zero-order valence-corrected chi connectivity index (χ0v) is 17.5. The highest BCUT2D eigenvalue weighted by Crippen LogP contribution is 2.31. The van der Waals surface area contributed by atoms with E-state index < -0.39 is 6.61 Å². The van der Waals surface area contributed by atoms with Crippen LogP contribution in [0.4, 0.5) is 14.5 Å². The van der Waals surface area contributed by atoms with Gasteiger partial charge in [0.1, 0.15) is 0 Å². The minimum absolute atomic E-state index is 0.00469. The second-order valence-corrected chi connectivity index (χ2v) is 5.98. The van der Waals surface area contributed by atoms with E-state index >= 15 is 0 Å². The molecule has 0 saturated heterocycles. The molecule has 0 aliphatic rings. The largest absolute Gasteiger partial charge is 0.493 e. The Bertz CT molecular complexity index is 847. The van der Waals surface area contributed by atoms with Gasteiger partial charge >= 0.3 is 6.61 Å². The predicted molar refractivity (Wildman–Crippen MR) is 112 cm³/mol. The molecule has 7 nitrogen and oxygen atoms in total. The number of hydrogen-bond acceptors (Lipinski definition) is 5. The zero-order chi connectivity index (χ0) is 21.9. The maximum Gasteiger partial charge on any atom is 0.387 e. The Morgan fingerprint density at radius 1 is 0.967 bits per heavy atom. The van der Waals surface area contributed by atoms with E-state index in [0.717, 1.165) is 11.3 Å². The molecule has 2 aromatic carbocycles. The third kappa shape index (κ3) is 6.68. The van der Waals surface area contributed by atoms with E-state index in [1.165, 1.54) is 6.07 Å². The van der Waals surface area contributed by atoms with E-state index in [-0.39, 0.29) is 11.5 Å². The smallest absolute Gasteiger partial charge is 0.387 e. The first kappa shape index (κ1) is 23.1. The average Bonchev–Trinajstić information content (AvgIpc) is 2.73. The fraction of sp³-hybridized carbons (Fsp3) is 0.381. The molecule has 164 valence electrons. The number of ether oxygens (including phenoxy) is 4. The summed E-state index contributed by atoms with van der Waals surface area (Å²) in [4.78, 5) is 4.55. The van der Waals surface area contributed by atoms with Crippen molar-refractivity contribution in [3.05, 3.63) is 42.0 Å². The van der Waals surface area contributed by atoms with Crippen molar-refractivity contribution in [1.29, 1.82) is 0 Å². The molecule has 9 heteroatoms. The van der Waals surface area contributed by atoms with Gasteiger partial charge in [0.05, 0.1) is 27.4 Å². The summed E-state index contributed by atoms with van der Waals surface area (Å²) >= 11 is 0. The molecule has 0 bridgehead atoms. The van der Waals surface area contributed by atoms with Crippen LogP contribution in [0.25, 0.3) is 0 Å². The summed E-state index contributed by atoms with van der Waals surface area (Å²) < 4.78 is 45.6. The summed E-state index contributed by atoms with van der Waals surface area (Å²) in [6, 6.07) is 10.2. The molecule has 0 aliphatic carbocycles. The molecule has 0 heterocycles. The van der Waals surface area contributed by atoms with E-state index in [2.05, 4.69) is 20.4 Å². The number of guanidine groups is 1. The van der Waals surface area contributed by atoms with Crippen molar-refractivity contribution in [3.8, 4) is 23.0 Å². The van der Waals surface area contributed by atoms with Gasteiger partial charge in [0, 0.05) is 18.3 Å². The summed E-state index contributed by atoms with van der Waals surface area (Å²) in [6.07, 6.45) is 0. The quantitative estimate of drug-likeness (QED) is 0.439. The molecule has 0 aromatic heterocycles. The van der Waals surface area contributed by atoms with Gasteiger partial charge in [-0.3, -0.25) is 0 Å². The van der Waals surface area contributed by atoms with E-state index in [4.69, 9.17) is 14.2 Å². The molecule has 2 aromatic rings. The van der Waals surface area contributed by atoms with Crippen LogP contribution in [0, 0.1) is 0 Å². The van der Waals surface area contributed by atoms with Crippen molar-refractivity contribution in [3.63, 3.8) is 0 Å². The molecule has 0 unspecified atom stereocenters. The Hall–Kier alpha value is -3.23. The Kier molecular flexibility index (Phi) is 8.99. The van der Waals surface area contributed by atoms with Crippen LogP contribution < -0.4 is 29.6 Å². The van der Waals surface area contributed by atoms with Gasteiger partial charge in [0.15, 0.2) is 29.0 Å². The van der Waals surface area contributed by atoms with E-state index in [1.807, 2.05) is 13.0 Å². The van der Waals surface area contributed by atoms with Gasteiger partial charge in [0.25, 0.3) is 0 Å². The highest BCUT2D eigenvalue weighted by molar-refractivity contribution is 5.93. The number of aliphatic imine (C=N–C) groups is 1. The third-order valence-corrected chi connectivity index (χ3v) is 3.93. The van der Waals surface area contributed by atoms with Gasteiger partial charge in [-0.15, -0.1) is 0 Å². The van der Waals surface area contributed by atoms with Crippen molar-refractivity contribution < 1.29 is 27.7 Å². The Balaban J connectivity index is 2.18. The monoisotopic (exact) mass is 423 g/mol. The molecule has 0 amide bonds. The molecule has 0 saturated carbocycles.